The summed E-state index contributed by atoms with van der Waals surface area (Å²) in [4.78, 5) is 28.0. The van der Waals surface area contributed by atoms with E-state index in [0.29, 0.717) is 17.5 Å². The van der Waals surface area contributed by atoms with E-state index in [1.54, 1.807) is 12.3 Å². The van der Waals surface area contributed by atoms with Gasteiger partial charge in [0.25, 0.3) is 11.5 Å². The van der Waals surface area contributed by atoms with Crippen LogP contribution < -0.4 is 25.7 Å². The molecule has 2 aliphatic rings. The number of carbonyl (C=O) groups is 1. The molecule has 0 unspecified atom stereocenters. The molecule has 5 rings (SSSR count). The molecule has 1 amide bonds. The number of nitrogens with one attached hydrogen (secondary N) is 3. The molecule has 7 heteroatoms. The lowest BCUT2D eigenvalue weighted by Crippen LogP contribution is -2.43. The SMILES string of the molecule is O=C(NC1CCC(NCc2ccccc2)CC1)c1cc(-c2ccc3c(c2)OCO3)c[nH]c1=O. The summed E-state index contributed by atoms with van der Waals surface area (Å²) in [5.41, 5.74) is 2.58. The molecule has 0 atom stereocenters. The summed E-state index contributed by atoms with van der Waals surface area (Å²) >= 11 is 0. The maximum Gasteiger partial charge on any atom is 0.260 e. The summed E-state index contributed by atoms with van der Waals surface area (Å²) in [5, 5.41) is 6.67. The zero-order chi connectivity index (χ0) is 22.6. The van der Waals surface area contributed by atoms with Crippen molar-refractivity contribution in [3.8, 4) is 22.6 Å². The number of aromatic nitrogens is 1. The first-order valence-electron chi connectivity index (χ1n) is 11.4. The van der Waals surface area contributed by atoms with Crippen LogP contribution in [0, 0.1) is 0 Å². The fourth-order valence-electron chi connectivity index (χ4n) is 4.46. The Bertz CT molecular complexity index is 1180. The van der Waals surface area contributed by atoms with Crippen molar-refractivity contribution in [2.75, 3.05) is 6.79 Å². The van der Waals surface area contributed by atoms with Crippen LogP contribution in [0.4, 0.5) is 0 Å². The Balaban J connectivity index is 1.19. The average Bonchev–Trinajstić information content (AvgIpc) is 3.32. The van der Waals surface area contributed by atoms with Gasteiger partial charge in [-0.2, -0.15) is 0 Å². The van der Waals surface area contributed by atoms with Gasteiger partial charge in [0.1, 0.15) is 5.56 Å². The van der Waals surface area contributed by atoms with Crippen molar-refractivity contribution in [2.24, 2.45) is 0 Å². The van der Waals surface area contributed by atoms with Crippen molar-refractivity contribution in [1.29, 1.82) is 0 Å². The number of hydrogen-bond donors (Lipinski definition) is 3. The molecule has 1 saturated carbocycles. The van der Waals surface area contributed by atoms with Crippen LogP contribution in [0.2, 0.25) is 0 Å². The van der Waals surface area contributed by atoms with Gasteiger partial charge in [-0.05, 0) is 60.6 Å². The minimum atomic E-state index is -0.393. The molecule has 7 nitrogen and oxygen atoms in total. The summed E-state index contributed by atoms with van der Waals surface area (Å²) in [6, 6.07) is 18.1. The smallest absolute Gasteiger partial charge is 0.260 e. The van der Waals surface area contributed by atoms with Gasteiger partial charge in [0.2, 0.25) is 6.79 Å². The molecule has 0 bridgehead atoms. The fraction of sp³-hybridized carbons (Fsp3) is 0.308. The van der Waals surface area contributed by atoms with E-state index in [1.807, 2.05) is 36.4 Å². The maximum atomic E-state index is 12.9. The van der Waals surface area contributed by atoms with E-state index in [0.717, 1.165) is 43.4 Å². The molecule has 33 heavy (non-hydrogen) atoms. The predicted molar refractivity (Wildman–Crippen MR) is 125 cm³/mol. The first kappa shape index (κ1) is 21.3. The topological polar surface area (TPSA) is 92.4 Å². The highest BCUT2D eigenvalue weighted by Gasteiger charge is 2.24. The first-order chi connectivity index (χ1) is 16.2. The predicted octanol–water partition coefficient (Wildman–Crippen LogP) is 3.60. The van der Waals surface area contributed by atoms with Crippen molar-refractivity contribution in [2.45, 2.75) is 44.3 Å². The molecule has 0 radical (unpaired) electrons. The Labute approximate surface area is 192 Å². The quantitative estimate of drug-likeness (QED) is 0.539. The van der Waals surface area contributed by atoms with Crippen LogP contribution in [-0.2, 0) is 6.54 Å². The normalized spacial score (nSPS) is 19.3. The van der Waals surface area contributed by atoms with Gasteiger partial charge in [0.05, 0.1) is 0 Å². The number of rotatable bonds is 6. The Hall–Kier alpha value is -3.58. The molecule has 3 aromatic rings. The third kappa shape index (κ3) is 4.93. The van der Waals surface area contributed by atoms with Crippen molar-refractivity contribution in [3.63, 3.8) is 0 Å². The molecule has 3 N–H and O–H groups in total. The van der Waals surface area contributed by atoms with Gasteiger partial charge in [-0.15, -0.1) is 0 Å². The summed E-state index contributed by atoms with van der Waals surface area (Å²) in [5.74, 6) is 1.01. The lowest BCUT2D eigenvalue weighted by atomic mass is 9.90. The monoisotopic (exact) mass is 445 g/mol. The number of amides is 1. The van der Waals surface area contributed by atoms with Crippen LogP contribution in [-0.4, -0.2) is 29.8 Å². The van der Waals surface area contributed by atoms with E-state index in [9.17, 15) is 9.59 Å². The van der Waals surface area contributed by atoms with Crippen LogP contribution in [0.3, 0.4) is 0 Å². The third-order valence-corrected chi connectivity index (χ3v) is 6.35. The zero-order valence-corrected chi connectivity index (χ0v) is 18.3. The molecule has 1 aliphatic heterocycles. The number of fused-ring (bicyclic) bond motifs is 1. The van der Waals surface area contributed by atoms with Gasteiger partial charge in [-0.3, -0.25) is 9.59 Å². The summed E-state index contributed by atoms with van der Waals surface area (Å²) in [6.45, 7) is 1.05. The van der Waals surface area contributed by atoms with E-state index >= 15 is 0 Å². The van der Waals surface area contributed by atoms with Crippen molar-refractivity contribution >= 4 is 5.91 Å². The van der Waals surface area contributed by atoms with E-state index in [1.165, 1.54) is 5.56 Å². The molecule has 0 spiro atoms. The van der Waals surface area contributed by atoms with Crippen LogP contribution >= 0.6 is 0 Å². The van der Waals surface area contributed by atoms with E-state index in [-0.39, 0.29) is 24.3 Å². The third-order valence-electron chi connectivity index (χ3n) is 6.35. The van der Waals surface area contributed by atoms with Crippen molar-refractivity contribution in [1.82, 2.24) is 15.6 Å². The van der Waals surface area contributed by atoms with Gasteiger partial charge in [-0.1, -0.05) is 36.4 Å². The highest BCUT2D eigenvalue weighted by Crippen LogP contribution is 2.35. The minimum absolute atomic E-state index is 0.0703. The highest BCUT2D eigenvalue weighted by atomic mass is 16.7. The Morgan fingerprint density at radius 1 is 0.909 bits per heavy atom. The molecule has 2 aromatic carbocycles. The molecule has 1 aromatic heterocycles. The van der Waals surface area contributed by atoms with Crippen LogP contribution in [0.15, 0.2) is 65.6 Å². The number of aromatic amines is 1. The Kier molecular flexibility index (Phi) is 6.13. The highest BCUT2D eigenvalue weighted by molar-refractivity contribution is 5.95. The number of ether oxygens (including phenoxy) is 2. The van der Waals surface area contributed by atoms with Gasteiger partial charge in [0.15, 0.2) is 11.5 Å². The fourth-order valence-corrected chi connectivity index (χ4v) is 4.46. The van der Waals surface area contributed by atoms with E-state index in [4.69, 9.17) is 9.47 Å². The van der Waals surface area contributed by atoms with Crippen LogP contribution in [0.1, 0.15) is 41.6 Å². The number of H-pyrrole nitrogens is 1. The zero-order valence-electron chi connectivity index (χ0n) is 18.3. The summed E-state index contributed by atoms with van der Waals surface area (Å²) in [7, 11) is 0. The van der Waals surface area contributed by atoms with Crippen molar-refractivity contribution in [3.05, 3.63) is 82.3 Å². The Morgan fingerprint density at radius 2 is 1.67 bits per heavy atom. The van der Waals surface area contributed by atoms with E-state index < -0.39 is 5.56 Å². The van der Waals surface area contributed by atoms with Gasteiger partial charge < -0.3 is 25.1 Å². The minimum Gasteiger partial charge on any atom is -0.454 e. The molecule has 1 fully saturated rings. The lowest BCUT2D eigenvalue weighted by Gasteiger charge is -2.29. The van der Waals surface area contributed by atoms with Crippen molar-refractivity contribution < 1.29 is 14.3 Å². The second-order valence-electron chi connectivity index (χ2n) is 8.59. The van der Waals surface area contributed by atoms with Gasteiger partial charge in [0, 0.05) is 24.8 Å². The molecular formula is C26H27N3O4. The molecule has 2 heterocycles. The lowest BCUT2D eigenvalue weighted by molar-refractivity contribution is 0.0922. The standard InChI is InChI=1S/C26H27N3O4/c30-25-22(12-19(15-28-25)18-6-11-23-24(13-18)33-16-32-23)26(31)29-21-9-7-20(8-10-21)27-14-17-4-2-1-3-5-17/h1-6,11-13,15,20-21,27H,7-10,14,16H2,(H,28,30)(H,29,31). The Morgan fingerprint density at radius 3 is 2.48 bits per heavy atom. The second kappa shape index (κ2) is 9.50. The van der Waals surface area contributed by atoms with Crippen LogP contribution in [0.5, 0.6) is 11.5 Å². The average molecular weight is 446 g/mol. The molecule has 170 valence electrons. The van der Waals surface area contributed by atoms with Crippen LogP contribution in [0.25, 0.3) is 11.1 Å². The summed E-state index contributed by atoms with van der Waals surface area (Å²) < 4.78 is 10.8. The maximum absolute atomic E-state index is 12.9. The number of hydrogen-bond acceptors (Lipinski definition) is 5. The van der Waals surface area contributed by atoms with Gasteiger partial charge in [-0.25, -0.2) is 0 Å². The molecule has 1 aliphatic carbocycles. The first-order valence-corrected chi connectivity index (χ1v) is 11.4. The number of benzene rings is 2. The summed E-state index contributed by atoms with van der Waals surface area (Å²) in [6.07, 6.45) is 5.37. The van der Waals surface area contributed by atoms with Gasteiger partial charge >= 0.3 is 0 Å². The molecule has 0 saturated heterocycles. The van der Waals surface area contributed by atoms with E-state index in [2.05, 4.69) is 27.8 Å². The second-order valence-corrected chi connectivity index (χ2v) is 8.59. The number of carbonyl (C=O) groups excluding carboxylic acids is 1. The number of pyridine rings is 1. The molecular weight excluding hydrogens is 418 g/mol. The largest absolute Gasteiger partial charge is 0.454 e.